The molecule has 0 aliphatic heterocycles. The summed E-state index contributed by atoms with van der Waals surface area (Å²) in [5.41, 5.74) is 0. The maximum atomic E-state index is 11.9. The Balaban J connectivity index is 0.00000242. The Bertz CT molecular complexity index is 467. The van der Waals surface area contributed by atoms with Crippen molar-refractivity contribution in [2.75, 3.05) is 33.3 Å². The first kappa shape index (κ1) is 19.1. The van der Waals surface area contributed by atoms with E-state index in [0.717, 1.165) is 24.6 Å². The Morgan fingerprint density at radius 1 is 1.45 bits per heavy atom. The standard InChI is InChI=1S/C16H23ClN2O2.ClH/c1-19(16(20)12-18-11-13-6-7-13)8-3-9-21-15-5-2-4-14(17)10-15;/h2,4-5,10,13,18H,3,6-9,11-12H2,1H3;1H. The molecule has 1 saturated carbocycles. The van der Waals surface area contributed by atoms with Crippen molar-refractivity contribution in [2.45, 2.75) is 19.3 Å². The summed E-state index contributed by atoms with van der Waals surface area (Å²) in [5, 5.41) is 3.88. The molecule has 4 nitrogen and oxygen atoms in total. The second-order valence-electron chi connectivity index (χ2n) is 5.55. The number of carbonyl (C=O) groups excluding carboxylic acids is 1. The summed E-state index contributed by atoms with van der Waals surface area (Å²) in [5.74, 6) is 1.70. The van der Waals surface area contributed by atoms with E-state index in [2.05, 4.69) is 5.32 Å². The summed E-state index contributed by atoms with van der Waals surface area (Å²) in [6, 6.07) is 7.34. The van der Waals surface area contributed by atoms with Crippen LogP contribution in [0.15, 0.2) is 24.3 Å². The van der Waals surface area contributed by atoms with Crippen LogP contribution >= 0.6 is 24.0 Å². The van der Waals surface area contributed by atoms with E-state index in [-0.39, 0.29) is 18.3 Å². The number of rotatable bonds is 9. The number of hydrogen-bond donors (Lipinski definition) is 1. The lowest BCUT2D eigenvalue weighted by atomic mass is 10.3. The first-order valence-corrected chi connectivity index (χ1v) is 7.86. The molecule has 0 spiro atoms. The molecule has 0 heterocycles. The molecule has 0 aromatic heterocycles. The highest BCUT2D eigenvalue weighted by Crippen LogP contribution is 2.27. The summed E-state index contributed by atoms with van der Waals surface area (Å²) in [4.78, 5) is 13.6. The van der Waals surface area contributed by atoms with E-state index in [4.69, 9.17) is 16.3 Å². The fourth-order valence-corrected chi connectivity index (χ4v) is 2.19. The molecule has 6 heteroatoms. The van der Waals surface area contributed by atoms with Gasteiger partial charge in [0.25, 0.3) is 0 Å². The molecule has 0 unspecified atom stereocenters. The van der Waals surface area contributed by atoms with Gasteiger partial charge in [-0.05, 0) is 49.9 Å². The first-order valence-electron chi connectivity index (χ1n) is 7.48. The summed E-state index contributed by atoms with van der Waals surface area (Å²) in [6.07, 6.45) is 3.41. The number of nitrogens with one attached hydrogen (secondary N) is 1. The third-order valence-electron chi connectivity index (χ3n) is 3.53. The Hall–Kier alpha value is -0.970. The van der Waals surface area contributed by atoms with Crippen molar-refractivity contribution in [1.29, 1.82) is 0 Å². The Morgan fingerprint density at radius 2 is 2.23 bits per heavy atom. The van der Waals surface area contributed by atoms with Crippen molar-refractivity contribution in [2.24, 2.45) is 5.92 Å². The monoisotopic (exact) mass is 346 g/mol. The van der Waals surface area contributed by atoms with Crippen LogP contribution in [-0.4, -0.2) is 44.1 Å². The predicted octanol–water partition coefficient (Wildman–Crippen LogP) is 2.99. The molecule has 1 fully saturated rings. The minimum absolute atomic E-state index is 0. The maximum Gasteiger partial charge on any atom is 0.236 e. The van der Waals surface area contributed by atoms with Crippen molar-refractivity contribution < 1.29 is 9.53 Å². The van der Waals surface area contributed by atoms with Crippen LogP contribution in [0.25, 0.3) is 0 Å². The molecule has 22 heavy (non-hydrogen) atoms. The maximum absolute atomic E-state index is 11.9. The predicted molar refractivity (Wildman–Crippen MR) is 92.0 cm³/mol. The summed E-state index contributed by atoms with van der Waals surface area (Å²) in [7, 11) is 1.83. The molecule has 1 aromatic carbocycles. The Kier molecular flexibility index (Phi) is 8.61. The second-order valence-corrected chi connectivity index (χ2v) is 5.99. The summed E-state index contributed by atoms with van der Waals surface area (Å²) < 4.78 is 5.60. The lowest BCUT2D eigenvalue weighted by Crippen LogP contribution is -2.37. The van der Waals surface area contributed by atoms with Gasteiger partial charge in [-0.25, -0.2) is 0 Å². The second kappa shape index (κ2) is 9.93. The zero-order chi connectivity index (χ0) is 15.1. The van der Waals surface area contributed by atoms with E-state index >= 15 is 0 Å². The Morgan fingerprint density at radius 3 is 2.91 bits per heavy atom. The number of benzene rings is 1. The topological polar surface area (TPSA) is 41.6 Å². The SMILES string of the molecule is CN(CCCOc1cccc(Cl)c1)C(=O)CNCC1CC1.Cl. The zero-order valence-electron chi connectivity index (χ0n) is 12.9. The van der Waals surface area contributed by atoms with Crippen molar-refractivity contribution in [3.8, 4) is 5.75 Å². The van der Waals surface area contributed by atoms with Crippen LogP contribution in [0.5, 0.6) is 5.75 Å². The van der Waals surface area contributed by atoms with Gasteiger partial charge in [0, 0.05) is 18.6 Å². The van der Waals surface area contributed by atoms with E-state index in [9.17, 15) is 4.79 Å². The smallest absolute Gasteiger partial charge is 0.236 e. The molecule has 0 atom stereocenters. The highest BCUT2D eigenvalue weighted by molar-refractivity contribution is 6.30. The third-order valence-corrected chi connectivity index (χ3v) is 3.77. The molecule has 2 rings (SSSR count). The van der Waals surface area contributed by atoms with Crippen molar-refractivity contribution in [3.05, 3.63) is 29.3 Å². The molecule has 1 aliphatic carbocycles. The van der Waals surface area contributed by atoms with Gasteiger partial charge in [-0.1, -0.05) is 17.7 Å². The number of likely N-dealkylation sites (N-methyl/N-ethyl adjacent to an activating group) is 1. The van der Waals surface area contributed by atoms with Gasteiger partial charge in [0.2, 0.25) is 5.91 Å². The van der Waals surface area contributed by atoms with Gasteiger partial charge in [0.05, 0.1) is 13.2 Å². The highest BCUT2D eigenvalue weighted by Gasteiger charge is 2.20. The van der Waals surface area contributed by atoms with Gasteiger partial charge >= 0.3 is 0 Å². The van der Waals surface area contributed by atoms with E-state index in [1.165, 1.54) is 12.8 Å². The molecule has 0 radical (unpaired) electrons. The van der Waals surface area contributed by atoms with Crippen LogP contribution in [-0.2, 0) is 4.79 Å². The lowest BCUT2D eigenvalue weighted by molar-refractivity contribution is -0.129. The average Bonchev–Trinajstić information content (AvgIpc) is 3.27. The number of carbonyl (C=O) groups is 1. The minimum atomic E-state index is 0. The van der Waals surface area contributed by atoms with Gasteiger partial charge < -0.3 is 15.0 Å². The Labute approximate surface area is 143 Å². The minimum Gasteiger partial charge on any atom is -0.493 e. The molecular weight excluding hydrogens is 323 g/mol. The van der Waals surface area contributed by atoms with E-state index in [0.29, 0.717) is 24.7 Å². The lowest BCUT2D eigenvalue weighted by Gasteiger charge is -2.17. The summed E-state index contributed by atoms with van der Waals surface area (Å²) in [6.45, 7) is 2.68. The molecule has 1 aromatic rings. The molecular formula is C16H24Cl2N2O2. The normalized spacial score (nSPS) is 13.4. The third kappa shape index (κ3) is 7.34. The van der Waals surface area contributed by atoms with Crippen molar-refractivity contribution >= 4 is 29.9 Å². The van der Waals surface area contributed by atoms with Gasteiger partial charge in [0.15, 0.2) is 0 Å². The molecule has 1 aliphatic rings. The van der Waals surface area contributed by atoms with E-state index < -0.39 is 0 Å². The van der Waals surface area contributed by atoms with Crippen LogP contribution in [0, 0.1) is 5.92 Å². The van der Waals surface area contributed by atoms with Crippen LogP contribution in [0.1, 0.15) is 19.3 Å². The molecule has 0 bridgehead atoms. The van der Waals surface area contributed by atoms with Crippen LogP contribution in [0.2, 0.25) is 5.02 Å². The van der Waals surface area contributed by atoms with Crippen molar-refractivity contribution in [3.63, 3.8) is 0 Å². The quantitative estimate of drug-likeness (QED) is 0.699. The average molecular weight is 347 g/mol. The van der Waals surface area contributed by atoms with E-state index in [1.54, 1.807) is 11.0 Å². The number of halogens is 2. The first-order chi connectivity index (χ1) is 10.1. The van der Waals surface area contributed by atoms with Gasteiger partial charge in [-0.3, -0.25) is 4.79 Å². The van der Waals surface area contributed by atoms with Crippen LogP contribution in [0.3, 0.4) is 0 Å². The van der Waals surface area contributed by atoms with Crippen LogP contribution in [0.4, 0.5) is 0 Å². The number of nitrogens with zero attached hydrogens (tertiary/aromatic N) is 1. The molecule has 124 valence electrons. The molecule has 1 N–H and O–H groups in total. The van der Waals surface area contributed by atoms with Gasteiger partial charge in [0.1, 0.15) is 5.75 Å². The highest BCUT2D eigenvalue weighted by atomic mass is 35.5. The number of hydrogen-bond acceptors (Lipinski definition) is 3. The molecule has 1 amide bonds. The number of ether oxygens (including phenoxy) is 1. The fourth-order valence-electron chi connectivity index (χ4n) is 2.01. The largest absolute Gasteiger partial charge is 0.493 e. The number of amides is 1. The van der Waals surface area contributed by atoms with Crippen LogP contribution < -0.4 is 10.1 Å². The van der Waals surface area contributed by atoms with E-state index in [1.807, 2.05) is 25.2 Å². The fraction of sp³-hybridized carbons (Fsp3) is 0.562. The van der Waals surface area contributed by atoms with Gasteiger partial charge in [-0.2, -0.15) is 0 Å². The summed E-state index contributed by atoms with van der Waals surface area (Å²) >= 11 is 5.88. The zero-order valence-corrected chi connectivity index (χ0v) is 14.5. The van der Waals surface area contributed by atoms with Gasteiger partial charge in [-0.15, -0.1) is 12.4 Å². The van der Waals surface area contributed by atoms with Crippen molar-refractivity contribution in [1.82, 2.24) is 10.2 Å². The molecule has 0 saturated heterocycles.